The molecule has 1 aromatic carbocycles. The number of hydrogen-bond acceptors (Lipinski definition) is 3. The number of nitrogens with one attached hydrogen (secondary N) is 1. The van der Waals surface area contributed by atoms with Crippen molar-refractivity contribution in [2.45, 2.75) is 75.2 Å². The van der Waals surface area contributed by atoms with E-state index in [2.05, 4.69) is 37.7 Å². The van der Waals surface area contributed by atoms with E-state index in [0.29, 0.717) is 30.2 Å². The van der Waals surface area contributed by atoms with E-state index in [0.717, 1.165) is 25.3 Å². The van der Waals surface area contributed by atoms with Gasteiger partial charge >= 0.3 is 0 Å². The molecule has 0 aromatic heterocycles. The molecule has 1 aliphatic heterocycles. The van der Waals surface area contributed by atoms with Crippen molar-refractivity contribution in [1.29, 1.82) is 0 Å². The molecule has 1 heterocycles. The highest BCUT2D eigenvalue weighted by atomic mass is 32.2. The molecule has 1 saturated carbocycles. The van der Waals surface area contributed by atoms with Gasteiger partial charge in [0, 0.05) is 28.3 Å². The minimum absolute atomic E-state index is 0.0426. The topological polar surface area (TPSA) is 32.3 Å². The minimum atomic E-state index is -0.568. The number of aliphatic hydroxyl groups excluding tert-OH is 1. The summed E-state index contributed by atoms with van der Waals surface area (Å²) in [5.41, 5.74) is 1.76. The molecule has 164 valence electrons. The number of aryl methyl sites for hydroxylation is 1. The Labute approximate surface area is 184 Å². The summed E-state index contributed by atoms with van der Waals surface area (Å²) in [5, 5.41) is 14.6. The Balaban J connectivity index is 0.00000155. The molecule has 2 unspecified atom stereocenters. The predicted molar refractivity (Wildman–Crippen MR) is 123 cm³/mol. The predicted octanol–water partition coefficient (Wildman–Crippen LogP) is 5.77. The number of aliphatic hydroxyl groups is 1. The molecule has 30 heavy (non-hydrogen) atoms. The Hall–Kier alpha value is -1.61. The first-order valence-corrected chi connectivity index (χ1v) is 11.5. The monoisotopic (exact) mass is 433 g/mol. The Kier molecular flexibility index (Phi) is 9.61. The Bertz CT molecular complexity index is 747. The summed E-state index contributed by atoms with van der Waals surface area (Å²) in [6, 6.07) is 3.55. The van der Waals surface area contributed by atoms with Gasteiger partial charge in [-0.15, -0.1) is 24.6 Å². The van der Waals surface area contributed by atoms with E-state index in [1.807, 2.05) is 11.8 Å². The summed E-state index contributed by atoms with van der Waals surface area (Å²) < 4.78 is 26.7. The van der Waals surface area contributed by atoms with Crippen molar-refractivity contribution in [3.8, 4) is 12.8 Å². The van der Waals surface area contributed by atoms with Crippen molar-refractivity contribution in [2.24, 2.45) is 0 Å². The fraction of sp³-hybridized carbons (Fsp3) is 0.520. The van der Waals surface area contributed by atoms with Gasteiger partial charge < -0.3 is 10.4 Å². The minimum Gasteiger partial charge on any atom is -0.392 e. The molecule has 0 spiro atoms. The van der Waals surface area contributed by atoms with Gasteiger partial charge in [-0.25, -0.2) is 8.78 Å². The van der Waals surface area contributed by atoms with Gasteiger partial charge in [0.1, 0.15) is 11.6 Å². The van der Waals surface area contributed by atoms with Crippen LogP contribution in [-0.2, 0) is 6.42 Å². The summed E-state index contributed by atoms with van der Waals surface area (Å²) >= 11 is 1.92. The first-order valence-electron chi connectivity index (χ1n) is 10.6. The maximum Gasteiger partial charge on any atom is 0.126 e. The van der Waals surface area contributed by atoms with Gasteiger partial charge in [0.15, 0.2) is 0 Å². The molecule has 3 rings (SSSR count). The Morgan fingerprint density at radius 1 is 1.23 bits per heavy atom. The summed E-state index contributed by atoms with van der Waals surface area (Å²) in [5.74, 6) is -1.14. The van der Waals surface area contributed by atoms with Gasteiger partial charge in [-0.3, -0.25) is 0 Å². The summed E-state index contributed by atoms with van der Waals surface area (Å²) in [6.45, 7) is 6.70. The van der Waals surface area contributed by atoms with Gasteiger partial charge in [-0.2, -0.15) is 0 Å². The molecule has 5 heteroatoms. The van der Waals surface area contributed by atoms with Crippen LogP contribution in [0.4, 0.5) is 8.78 Å². The second-order valence-corrected chi connectivity index (χ2v) is 9.50. The zero-order chi connectivity index (χ0) is 22.1. The quantitative estimate of drug-likeness (QED) is 0.403. The van der Waals surface area contributed by atoms with Crippen molar-refractivity contribution in [3.63, 3.8) is 0 Å². The lowest BCUT2D eigenvalue weighted by molar-refractivity contribution is 0.143. The summed E-state index contributed by atoms with van der Waals surface area (Å²) in [7, 11) is 0. The van der Waals surface area contributed by atoms with E-state index in [9.17, 15) is 13.9 Å². The highest BCUT2D eigenvalue weighted by Gasteiger charge is 2.39. The molecule has 0 amide bonds. The zero-order valence-corrected chi connectivity index (χ0v) is 18.6. The van der Waals surface area contributed by atoms with Crippen LogP contribution in [0.2, 0.25) is 0 Å². The number of allylic oxidation sites excluding steroid dienone is 1. The van der Waals surface area contributed by atoms with E-state index in [4.69, 9.17) is 0 Å². The van der Waals surface area contributed by atoms with Crippen LogP contribution in [0.25, 0.3) is 0 Å². The van der Waals surface area contributed by atoms with Gasteiger partial charge in [0.25, 0.3) is 0 Å². The van der Waals surface area contributed by atoms with Crippen LogP contribution >= 0.6 is 11.8 Å². The SMILES string of the molecule is C#C.C=C(C)C1CC=C(C2(NCC(O)CCc3cc(F)cc(F)c3)CCCCC2)S1. The lowest BCUT2D eigenvalue weighted by Crippen LogP contribution is -2.50. The number of benzene rings is 1. The maximum atomic E-state index is 13.3. The smallest absolute Gasteiger partial charge is 0.126 e. The average Bonchev–Trinajstić information content (AvgIpc) is 3.24. The van der Waals surface area contributed by atoms with Crippen LogP contribution in [0.5, 0.6) is 0 Å². The van der Waals surface area contributed by atoms with Gasteiger partial charge in [-0.1, -0.05) is 37.5 Å². The fourth-order valence-corrected chi connectivity index (χ4v) is 5.64. The average molecular weight is 434 g/mol. The van der Waals surface area contributed by atoms with Crippen LogP contribution < -0.4 is 5.32 Å². The summed E-state index contributed by atoms with van der Waals surface area (Å²) in [6.07, 6.45) is 17.6. The van der Waals surface area contributed by atoms with Crippen molar-refractivity contribution >= 4 is 11.8 Å². The number of β-amino-alcohol motifs (C(OH)–C–C–N with tert-alkyl or cyclic N) is 1. The molecule has 2 aliphatic rings. The van der Waals surface area contributed by atoms with E-state index in [-0.39, 0.29) is 5.54 Å². The number of halogens is 2. The first kappa shape index (κ1) is 24.7. The lowest BCUT2D eigenvalue weighted by Gasteiger charge is -2.40. The lowest BCUT2D eigenvalue weighted by atomic mass is 9.80. The van der Waals surface area contributed by atoms with Crippen LogP contribution in [0.15, 0.2) is 41.3 Å². The third kappa shape index (κ3) is 6.70. The second kappa shape index (κ2) is 11.7. The molecule has 2 N–H and O–H groups in total. The first-order chi connectivity index (χ1) is 14.4. The highest BCUT2D eigenvalue weighted by molar-refractivity contribution is 8.04. The third-order valence-electron chi connectivity index (χ3n) is 5.88. The molecule has 2 atom stereocenters. The summed E-state index contributed by atoms with van der Waals surface area (Å²) in [4.78, 5) is 1.40. The van der Waals surface area contributed by atoms with Gasteiger partial charge in [0.05, 0.1) is 6.10 Å². The van der Waals surface area contributed by atoms with Gasteiger partial charge in [0.2, 0.25) is 0 Å². The maximum absolute atomic E-state index is 13.3. The van der Waals surface area contributed by atoms with E-state index in [1.165, 1.54) is 41.9 Å². The Morgan fingerprint density at radius 2 is 1.87 bits per heavy atom. The van der Waals surface area contributed by atoms with Crippen molar-refractivity contribution in [2.75, 3.05) is 6.54 Å². The van der Waals surface area contributed by atoms with Crippen LogP contribution in [0.1, 0.15) is 57.4 Å². The number of thioether (sulfide) groups is 1. The molecule has 0 saturated heterocycles. The van der Waals surface area contributed by atoms with Crippen LogP contribution in [0, 0.1) is 24.5 Å². The molecule has 0 bridgehead atoms. The highest BCUT2D eigenvalue weighted by Crippen LogP contribution is 2.47. The largest absolute Gasteiger partial charge is 0.392 e. The van der Waals surface area contributed by atoms with Crippen LogP contribution in [-0.4, -0.2) is 28.5 Å². The van der Waals surface area contributed by atoms with Crippen molar-refractivity contribution in [1.82, 2.24) is 5.32 Å². The normalized spacial score (nSPS) is 21.3. The second-order valence-electron chi connectivity index (χ2n) is 8.25. The molecule has 0 radical (unpaired) electrons. The van der Waals surface area contributed by atoms with Crippen molar-refractivity contribution < 1.29 is 13.9 Å². The number of terminal acetylenes is 1. The third-order valence-corrected chi connectivity index (χ3v) is 7.57. The zero-order valence-electron chi connectivity index (χ0n) is 17.8. The number of rotatable bonds is 8. The molecule has 2 nitrogen and oxygen atoms in total. The van der Waals surface area contributed by atoms with Crippen LogP contribution in [0.3, 0.4) is 0 Å². The molecular formula is C25H33F2NOS. The van der Waals surface area contributed by atoms with E-state index < -0.39 is 17.7 Å². The van der Waals surface area contributed by atoms with Gasteiger partial charge in [-0.05, 0) is 56.7 Å². The standard InChI is InChI=1S/C23H31F2NOS.C2H2/c1-16(2)21-8-9-22(28-21)23(10-4-3-5-11-23)26-15-20(27)7-6-17-12-18(24)14-19(25)13-17;1-2/h9,12-14,20-21,26-27H,1,3-8,10-11,15H2,2H3;1-2H. The fourth-order valence-electron chi connectivity index (χ4n) is 4.24. The molecule has 1 fully saturated rings. The Morgan fingerprint density at radius 3 is 2.43 bits per heavy atom. The van der Waals surface area contributed by atoms with E-state index in [1.54, 1.807) is 0 Å². The van der Waals surface area contributed by atoms with E-state index >= 15 is 0 Å². The number of hydrogen-bond donors (Lipinski definition) is 2. The molecule has 1 aliphatic carbocycles. The molecule has 1 aromatic rings. The van der Waals surface area contributed by atoms with Crippen molar-refractivity contribution in [3.05, 3.63) is 58.5 Å². The molecular weight excluding hydrogens is 400 g/mol.